The zero-order chi connectivity index (χ0) is 17.3. The second kappa shape index (κ2) is 6.79. The Morgan fingerprint density at radius 2 is 1.96 bits per heavy atom. The van der Waals surface area contributed by atoms with Gasteiger partial charge in [-0.15, -0.1) is 0 Å². The lowest BCUT2D eigenvalue weighted by Crippen LogP contribution is -2.28. The summed E-state index contributed by atoms with van der Waals surface area (Å²) in [5.74, 6) is -0.0641. The Balaban J connectivity index is 2.05. The minimum Gasteiger partial charge on any atom is -0.399 e. The highest BCUT2D eigenvalue weighted by Gasteiger charge is 2.35. The number of carbonyl (C=O) groups is 1. The zero-order valence-corrected chi connectivity index (χ0v) is 15.2. The normalized spacial score (nSPS) is 16.7. The predicted molar refractivity (Wildman–Crippen MR) is 107 cm³/mol. The molecule has 122 valence electrons. The molecule has 1 fully saturated rings. The van der Waals surface area contributed by atoms with Gasteiger partial charge < -0.3 is 5.73 Å². The summed E-state index contributed by atoms with van der Waals surface area (Å²) < 4.78 is 0.569. The zero-order valence-electron chi connectivity index (χ0n) is 13.6. The first-order valence-electron chi connectivity index (χ1n) is 7.74. The molecule has 3 nitrogen and oxygen atoms in total. The van der Waals surface area contributed by atoms with E-state index in [1.54, 1.807) is 4.90 Å². The van der Waals surface area contributed by atoms with Crippen LogP contribution in [0.25, 0.3) is 5.57 Å². The lowest BCUT2D eigenvalue weighted by molar-refractivity contribution is -0.113. The maximum Gasteiger partial charge on any atom is 0.271 e. The molecule has 0 aromatic heterocycles. The molecule has 0 spiro atoms. The quantitative estimate of drug-likeness (QED) is 0.496. The van der Waals surface area contributed by atoms with E-state index in [2.05, 4.69) is 6.92 Å². The Morgan fingerprint density at radius 1 is 1.21 bits per heavy atom. The van der Waals surface area contributed by atoms with Gasteiger partial charge in [0.15, 0.2) is 4.32 Å². The lowest BCUT2D eigenvalue weighted by Gasteiger charge is -2.18. The first-order chi connectivity index (χ1) is 11.5. The summed E-state index contributed by atoms with van der Waals surface area (Å²) in [5.41, 5.74) is 10.4. The molecule has 0 bridgehead atoms. The molecule has 1 aliphatic rings. The third-order valence-corrected chi connectivity index (χ3v) is 5.52. The van der Waals surface area contributed by atoms with Crippen molar-refractivity contribution in [3.8, 4) is 0 Å². The molecule has 0 atom stereocenters. The molecule has 0 unspecified atom stereocenters. The molecule has 2 aromatic rings. The van der Waals surface area contributed by atoms with Crippen LogP contribution >= 0.6 is 24.0 Å². The van der Waals surface area contributed by atoms with Gasteiger partial charge in [-0.1, -0.05) is 61.2 Å². The number of rotatable bonds is 3. The summed E-state index contributed by atoms with van der Waals surface area (Å²) in [5, 5.41) is 0. The Bertz CT molecular complexity index is 858. The molecule has 2 N–H and O–H groups in total. The third-order valence-electron chi connectivity index (χ3n) is 4.04. The maximum absolute atomic E-state index is 13.0. The van der Waals surface area contributed by atoms with Crippen LogP contribution in [-0.4, -0.2) is 10.2 Å². The number of thioether (sulfide) groups is 1. The molecule has 0 aliphatic carbocycles. The minimum absolute atomic E-state index is 0.0641. The number of aryl methyl sites for hydroxylation is 1. The number of nitrogens with zero attached hydrogens (tertiary/aromatic N) is 1. The van der Waals surface area contributed by atoms with E-state index in [1.807, 2.05) is 55.5 Å². The number of allylic oxidation sites excluding steroid dienone is 1. The smallest absolute Gasteiger partial charge is 0.271 e. The molecule has 1 aliphatic heterocycles. The van der Waals surface area contributed by atoms with Gasteiger partial charge in [-0.3, -0.25) is 9.69 Å². The first kappa shape index (κ1) is 16.7. The van der Waals surface area contributed by atoms with Crippen LogP contribution in [0.2, 0.25) is 0 Å². The van der Waals surface area contributed by atoms with Crippen molar-refractivity contribution in [2.45, 2.75) is 20.3 Å². The van der Waals surface area contributed by atoms with E-state index in [0.29, 0.717) is 14.9 Å². The van der Waals surface area contributed by atoms with Crippen molar-refractivity contribution < 1.29 is 4.79 Å². The summed E-state index contributed by atoms with van der Waals surface area (Å²) in [6, 6.07) is 15.4. The van der Waals surface area contributed by atoms with E-state index in [0.717, 1.165) is 28.8 Å². The van der Waals surface area contributed by atoms with E-state index >= 15 is 0 Å². The highest BCUT2D eigenvalue weighted by Crippen LogP contribution is 2.40. The highest BCUT2D eigenvalue weighted by atomic mass is 32.2. The van der Waals surface area contributed by atoms with Gasteiger partial charge in [0.2, 0.25) is 0 Å². The van der Waals surface area contributed by atoms with E-state index in [1.165, 1.54) is 11.8 Å². The molecule has 1 heterocycles. The second-order valence-electron chi connectivity index (χ2n) is 5.57. The summed E-state index contributed by atoms with van der Waals surface area (Å²) in [6.45, 7) is 4.01. The van der Waals surface area contributed by atoms with Crippen molar-refractivity contribution >= 4 is 51.2 Å². The predicted octanol–water partition coefficient (Wildman–Crippen LogP) is 4.63. The SMILES string of the molecule is CCc1ccccc1N1C(=O)/C(=C(\C)c2cccc(N)c2)SC1=S. The molecule has 24 heavy (non-hydrogen) atoms. The van der Waals surface area contributed by atoms with Crippen molar-refractivity contribution in [1.82, 2.24) is 0 Å². The summed E-state index contributed by atoms with van der Waals surface area (Å²) in [7, 11) is 0. The van der Waals surface area contributed by atoms with Crippen molar-refractivity contribution in [2.24, 2.45) is 0 Å². The number of hydrogen-bond acceptors (Lipinski definition) is 4. The van der Waals surface area contributed by atoms with Crippen LogP contribution in [0.4, 0.5) is 11.4 Å². The van der Waals surface area contributed by atoms with Crippen LogP contribution in [-0.2, 0) is 11.2 Å². The highest BCUT2D eigenvalue weighted by molar-refractivity contribution is 8.27. The lowest BCUT2D eigenvalue weighted by atomic mass is 10.1. The fourth-order valence-electron chi connectivity index (χ4n) is 2.74. The van der Waals surface area contributed by atoms with Crippen molar-refractivity contribution in [3.63, 3.8) is 0 Å². The largest absolute Gasteiger partial charge is 0.399 e. The van der Waals surface area contributed by atoms with Gasteiger partial charge in [0.25, 0.3) is 5.91 Å². The second-order valence-corrected chi connectivity index (χ2v) is 7.21. The van der Waals surface area contributed by atoms with E-state index in [-0.39, 0.29) is 5.91 Å². The number of hydrogen-bond donors (Lipinski definition) is 1. The standard InChI is InChI=1S/C19H18N2OS2/c1-3-13-7-4-5-10-16(13)21-18(22)17(24-19(21)23)12(2)14-8-6-9-15(20)11-14/h4-11H,3,20H2,1-2H3/b17-12-. The van der Waals surface area contributed by atoms with E-state index < -0.39 is 0 Å². The van der Waals surface area contributed by atoms with Gasteiger partial charge in [0.05, 0.1) is 10.6 Å². The molecular weight excluding hydrogens is 336 g/mol. The van der Waals surface area contributed by atoms with Crippen LogP contribution < -0.4 is 10.6 Å². The van der Waals surface area contributed by atoms with E-state index in [4.69, 9.17) is 18.0 Å². The first-order valence-corrected chi connectivity index (χ1v) is 8.96. The molecule has 3 rings (SSSR count). The van der Waals surface area contributed by atoms with Crippen LogP contribution in [0, 0.1) is 0 Å². The van der Waals surface area contributed by atoms with Crippen LogP contribution in [0.3, 0.4) is 0 Å². The number of para-hydroxylation sites is 1. The Labute approximate surface area is 151 Å². The van der Waals surface area contributed by atoms with Gasteiger partial charge in [-0.2, -0.15) is 0 Å². The molecule has 2 aromatic carbocycles. The van der Waals surface area contributed by atoms with Crippen LogP contribution in [0.15, 0.2) is 53.4 Å². The maximum atomic E-state index is 13.0. The Morgan fingerprint density at radius 3 is 2.67 bits per heavy atom. The average Bonchev–Trinajstić information content (AvgIpc) is 2.88. The number of nitrogen functional groups attached to an aromatic ring is 1. The van der Waals surface area contributed by atoms with Gasteiger partial charge in [-0.05, 0) is 48.2 Å². The van der Waals surface area contributed by atoms with Gasteiger partial charge >= 0.3 is 0 Å². The number of carbonyl (C=O) groups excluding carboxylic acids is 1. The average molecular weight is 354 g/mol. The van der Waals surface area contributed by atoms with Crippen LogP contribution in [0.1, 0.15) is 25.0 Å². The van der Waals surface area contributed by atoms with Crippen LogP contribution in [0.5, 0.6) is 0 Å². The van der Waals surface area contributed by atoms with Crippen molar-refractivity contribution in [3.05, 3.63) is 64.6 Å². The third kappa shape index (κ3) is 2.97. The summed E-state index contributed by atoms with van der Waals surface area (Å²) in [6.07, 6.45) is 0.848. The Kier molecular flexibility index (Phi) is 4.73. The number of benzene rings is 2. The topological polar surface area (TPSA) is 46.3 Å². The van der Waals surface area contributed by atoms with E-state index in [9.17, 15) is 4.79 Å². The molecule has 0 saturated carbocycles. The fraction of sp³-hybridized carbons (Fsp3) is 0.158. The number of anilines is 2. The Hall–Kier alpha value is -2.11. The molecular formula is C19H18N2OS2. The van der Waals surface area contributed by atoms with Gasteiger partial charge in [-0.25, -0.2) is 0 Å². The summed E-state index contributed by atoms with van der Waals surface area (Å²) >= 11 is 6.84. The summed E-state index contributed by atoms with van der Waals surface area (Å²) in [4.78, 5) is 15.3. The molecule has 1 amide bonds. The van der Waals surface area contributed by atoms with Crippen molar-refractivity contribution in [2.75, 3.05) is 10.6 Å². The number of nitrogens with two attached hydrogens (primary N) is 1. The molecule has 5 heteroatoms. The monoisotopic (exact) mass is 354 g/mol. The number of amides is 1. The van der Waals surface area contributed by atoms with Gasteiger partial charge in [0.1, 0.15) is 0 Å². The van der Waals surface area contributed by atoms with Crippen molar-refractivity contribution in [1.29, 1.82) is 0 Å². The molecule has 1 saturated heterocycles. The molecule has 0 radical (unpaired) electrons. The fourth-order valence-corrected chi connectivity index (χ4v) is 4.06. The minimum atomic E-state index is -0.0641. The number of thiocarbonyl (C=S) groups is 1. The van der Waals surface area contributed by atoms with Gasteiger partial charge in [0, 0.05) is 5.69 Å².